The van der Waals surface area contributed by atoms with Crippen LogP contribution in [0.4, 0.5) is 5.69 Å². The first-order valence-electron chi connectivity index (χ1n) is 6.04. The van der Waals surface area contributed by atoms with E-state index in [0.29, 0.717) is 11.4 Å². The van der Waals surface area contributed by atoms with E-state index in [1.54, 1.807) is 0 Å². The molecule has 0 amide bonds. The molecule has 0 aromatic heterocycles. The van der Waals surface area contributed by atoms with Crippen molar-refractivity contribution in [1.29, 1.82) is 0 Å². The maximum Gasteiger partial charge on any atom is 0.229 e. The van der Waals surface area contributed by atoms with Gasteiger partial charge < -0.3 is 4.74 Å². The number of ether oxygens (including phenoxy) is 1. The van der Waals surface area contributed by atoms with E-state index in [0.717, 1.165) is 22.2 Å². The molecule has 3 heteroatoms. The molecule has 0 aliphatic carbocycles. The van der Waals surface area contributed by atoms with Crippen molar-refractivity contribution in [2.24, 2.45) is 0 Å². The third-order valence-corrected chi connectivity index (χ3v) is 3.28. The Labute approximate surface area is 127 Å². The standard InChI is InChI=1S/C16H14INO/c1-12-4-3-5-14(10-12)19-16-7-6-13(8-9-17)11-15(16)18-2/h3-7,10-11H,8-9H2,1H3. The van der Waals surface area contributed by atoms with Gasteiger partial charge in [-0.25, -0.2) is 4.85 Å². The third-order valence-electron chi connectivity index (χ3n) is 2.74. The Balaban J connectivity index is 2.28. The predicted molar refractivity (Wildman–Crippen MR) is 86.5 cm³/mol. The molecule has 19 heavy (non-hydrogen) atoms. The van der Waals surface area contributed by atoms with E-state index in [1.165, 1.54) is 5.56 Å². The van der Waals surface area contributed by atoms with Gasteiger partial charge in [0.25, 0.3) is 0 Å². The quantitative estimate of drug-likeness (QED) is 0.408. The van der Waals surface area contributed by atoms with Gasteiger partial charge >= 0.3 is 0 Å². The smallest absolute Gasteiger partial charge is 0.229 e. The van der Waals surface area contributed by atoms with Crippen molar-refractivity contribution in [3.05, 3.63) is 65.0 Å². The molecule has 0 N–H and O–H groups in total. The van der Waals surface area contributed by atoms with E-state index in [9.17, 15) is 0 Å². The van der Waals surface area contributed by atoms with Gasteiger partial charge in [-0.3, -0.25) is 0 Å². The first kappa shape index (κ1) is 13.9. The summed E-state index contributed by atoms with van der Waals surface area (Å²) in [6, 6.07) is 13.7. The van der Waals surface area contributed by atoms with Crippen molar-refractivity contribution in [3.8, 4) is 11.5 Å². The first-order valence-corrected chi connectivity index (χ1v) is 7.56. The maximum atomic E-state index is 7.26. The van der Waals surface area contributed by atoms with Crippen LogP contribution in [0, 0.1) is 13.5 Å². The van der Waals surface area contributed by atoms with E-state index in [2.05, 4.69) is 27.4 Å². The zero-order valence-electron chi connectivity index (χ0n) is 10.7. The highest BCUT2D eigenvalue weighted by atomic mass is 127. The van der Waals surface area contributed by atoms with Gasteiger partial charge in [-0.2, -0.15) is 0 Å². The molecule has 0 spiro atoms. The fraction of sp³-hybridized carbons (Fsp3) is 0.188. The lowest BCUT2D eigenvalue weighted by atomic mass is 10.1. The Morgan fingerprint density at radius 1 is 1.21 bits per heavy atom. The molecule has 2 aromatic rings. The maximum absolute atomic E-state index is 7.26. The third kappa shape index (κ3) is 3.71. The van der Waals surface area contributed by atoms with Gasteiger partial charge in [-0.1, -0.05) is 46.4 Å². The number of rotatable bonds is 4. The molecule has 96 valence electrons. The second kappa shape index (κ2) is 6.58. The summed E-state index contributed by atoms with van der Waals surface area (Å²) in [4.78, 5) is 3.55. The molecular weight excluding hydrogens is 349 g/mol. The summed E-state index contributed by atoms with van der Waals surface area (Å²) in [6.45, 7) is 9.28. The number of benzene rings is 2. The first-order chi connectivity index (χ1) is 9.22. The Morgan fingerprint density at radius 3 is 2.74 bits per heavy atom. The zero-order valence-corrected chi connectivity index (χ0v) is 12.8. The molecule has 2 nitrogen and oxygen atoms in total. The average molecular weight is 363 g/mol. The molecule has 2 aromatic carbocycles. The monoisotopic (exact) mass is 363 g/mol. The number of hydrogen-bond donors (Lipinski definition) is 0. The summed E-state index contributed by atoms with van der Waals surface area (Å²) in [6.07, 6.45) is 0.980. The molecule has 0 saturated heterocycles. The van der Waals surface area contributed by atoms with Crippen LogP contribution < -0.4 is 4.74 Å². The second-order valence-corrected chi connectivity index (χ2v) is 5.35. The van der Waals surface area contributed by atoms with Crippen LogP contribution in [0.2, 0.25) is 0 Å². The minimum Gasteiger partial charge on any atom is -0.468 e. The minimum absolute atomic E-state index is 0.573. The number of nitrogens with zero attached hydrogens (tertiary/aromatic N) is 1. The van der Waals surface area contributed by atoms with Crippen molar-refractivity contribution in [3.63, 3.8) is 0 Å². The van der Waals surface area contributed by atoms with Crippen LogP contribution in [-0.2, 0) is 6.42 Å². The highest BCUT2D eigenvalue weighted by Crippen LogP contribution is 2.33. The largest absolute Gasteiger partial charge is 0.468 e. The van der Waals surface area contributed by atoms with Crippen molar-refractivity contribution >= 4 is 28.3 Å². The van der Waals surface area contributed by atoms with E-state index in [-0.39, 0.29) is 0 Å². The summed E-state index contributed by atoms with van der Waals surface area (Å²) in [5, 5.41) is 0. The Hall–Kier alpha value is -1.54. The molecule has 0 bridgehead atoms. The van der Waals surface area contributed by atoms with Crippen molar-refractivity contribution in [2.45, 2.75) is 13.3 Å². The van der Waals surface area contributed by atoms with Crippen LogP contribution in [0.15, 0.2) is 42.5 Å². The van der Waals surface area contributed by atoms with Gasteiger partial charge in [0.05, 0.1) is 6.57 Å². The normalized spacial score (nSPS) is 9.95. The van der Waals surface area contributed by atoms with Crippen molar-refractivity contribution in [1.82, 2.24) is 0 Å². The molecule has 0 atom stereocenters. The van der Waals surface area contributed by atoms with Crippen molar-refractivity contribution < 1.29 is 4.74 Å². The number of aryl methyl sites for hydroxylation is 2. The van der Waals surface area contributed by atoms with Gasteiger partial charge in [0.15, 0.2) is 0 Å². The average Bonchev–Trinajstić information content (AvgIpc) is 2.41. The molecular formula is C16H14INO. The van der Waals surface area contributed by atoms with Gasteiger partial charge in [0, 0.05) is 4.43 Å². The van der Waals surface area contributed by atoms with Crippen LogP contribution in [0.25, 0.3) is 4.85 Å². The summed E-state index contributed by atoms with van der Waals surface area (Å²) < 4.78 is 6.85. The molecule has 0 aliphatic rings. The SMILES string of the molecule is [C-]#[N+]c1cc(CCI)ccc1Oc1cccc(C)c1. The Kier molecular flexibility index (Phi) is 4.80. The van der Waals surface area contributed by atoms with Crippen LogP contribution in [0.5, 0.6) is 11.5 Å². The summed E-state index contributed by atoms with van der Waals surface area (Å²) >= 11 is 2.34. The lowest BCUT2D eigenvalue weighted by molar-refractivity contribution is 0.485. The Morgan fingerprint density at radius 2 is 2.05 bits per heavy atom. The second-order valence-electron chi connectivity index (χ2n) is 4.27. The van der Waals surface area contributed by atoms with E-state index in [1.807, 2.05) is 49.4 Å². The lowest BCUT2D eigenvalue weighted by Crippen LogP contribution is -1.88. The molecule has 0 unspecified atom stereocenters. The van der Waals surface area contributed by atoms with E-state index < -0.39 is 0 Å². The summed E-state index contributed by atoms with van der Waals surface area (Å²) in [5.74, 6) is 1.39. The number of hydrogen-bond acceptors (Lipinski definition) is 1. The van der Waals surface area contributed by atoms with Crippen LogP contribution >= 0.6 is 22.6 Å². The van der Waals surface area contributed by atoms with Crippen LogP contribution in [-0.4, -0.2) is 4.43 Å². The van der Waals surface area contributed by atoms with Gasteiger partial charge in [0.1, 0.15) is 11.5 Å². The minimum atomic E-state index is 0.573. The molecule has 0 heterocycles. The fourth-order valence-electron chi connectivity index (χ4n) is 1.81. The molecule has 2 rings (SSSR count). The molecule has 0 aliphatic heterocycles. The predicted octanol–water partition coefficient (Wildman–Crippen LogP) is 5.32. The zero-order chi connectivity index (χ0) is 13.7. The highest BCUT2D eigenvalue weighted by Gasteiger charge is 2.06. The lowest BCUT2D eigenvalue weighted by Gasteiger charge is -2.09. The number of alkyl halides is 1. The van der Waals surface area contributed by atoms with E-state index >= 15 is 0 Å². The number of halogens is 1. The molecule has 0 fully saturated rings. The highest BCUT2D eigenvalue weighted by molar-refractivity contribution is 14.1. The van der Waals surface area contributed by atoms with Crippen molar-refractivity contribution in [2.75, 3.05) is 4.43 Å². The van der Waals surface area contributed by atoms with Crippen LogP contribution in [0.1, 0.15) is 11.1 Å². The Bertz CT molecular complexity index is 616. The van der Waals surface area contributed by atoms with E-state index in [4.69, 9.17) is 11.3 Å². The topological polar surface area (TPSA) is 13.6 Å². The fourth-order valence-corrected chi connectivity index (χ4v) is 2.43. The van der Waals surface area contributed by atoms with Gasteiger partial charge in [-0.15, -0.1) is 0 Å². The van der Waals surface area contributed by atoms with Gasteiger partial charge in [0.2, 0.25) is 5.69 Å². The van der Waals surface area contributed by atoms with Crippen LogP contribution in [0.3, 0.4) is 0 Å². The molecule has 0 radical (unpaired) electrons. The molecule has 0 saturated carbocycles. The summed E-state index contributed by atoms with van der Waals surface area (Å²) in [5.41, 5.74) is 2.89. The van der Waals surface area contributed by atoms with Gasteiger partial charge in [-0.05, 0) is 43.2 Å². The summed E-state index contributed by atoms with van der Waals surface area (Å²) in [7, 11) is 0.